The first-order valence-corrected chi connectivity index (χ1v) is 10.6. The van der Waals surface area contributed by atoms with Crippen molar-refractivity contribution in [3.05, 3.63) is 70.4 Å². The molecule has 2 amide bonds. The van der Waals surface area contributed by atoms with Gasteiger partial charge in [0, 0.05) is 47.8 Å². The van der Waals surface area contributed by atoms with Crippen molar-refractivity contribution < 1.29 is 27.8 Å². The largest absolute Gasteiger partial charge is 0.497 e. The maximum Gasteiger partial charge on any atom is 0.256 e. The van der Waals surface area contributed by atoms with Crippen LogP contribution in [0, 0.1) is 11.6 Å². The first kappa shape index (κ1) is 23.5. The summed E-state index contributed by atoms with van der Waals surface area (Å²) in [6, 6.07) is 6.85. The van der Waals surface area contributed by atoms with Crippen LogP contribution in [0.15, 0.2) is 42.6 Å². The minimum atomic E-state index is -1.26. The minimum Gasteiger partial charge on any atom is -0.497 e. The zero-order valence-electron chi connectivity index (χ0n) is 18.5. The molecule has 0 spiro atoms. The van der Waals surface area contributed by atoms with Crippen LogP contribution >= 0.6 is 11.6 Å². The van der Waals surface area contributed by atoms with E-state index in [9.17, 15) is 9.59 Å². The van der Waals surface area contributed by atoms with Gasteiger partial charge in [-0.2, -0.15) is 0 Å². The summed E-state index contributed by atoms with van der Waals surface area (Å²) >= 11 is 5.88. The molecule has 0 radical (unpaired) electrons. The highest BCUT2D eigenvalue weighted by Crippen LogP contribution is 2.39. The minimum absolute atomic E-state index is 0.00407. The van der Waals surface area contributed by atoms with Crippen LogP contribution < -0.4 is 19.7 Å². The van der Waals surface area contributed by atoms with Crippen molar-refractivity contribution in [2.45, 2.75) is 12.0 Å². The number of hydrogen-bond donors (Lipinski definition) is 1. The van der Waals surface area contributed by atoms with Gasteiger partial charge in [-0.05, 0) is 24.3 Å². The summed E-state index contributed by atoms with van der Waals surface area (Å²) in [4.78, 5) is 27.7. The van der Waals surface area contributed by atoms with E-state index in [0.29, 0.717) is 10.7 Å². The van der Waals surface area contributed by atoms with Crippen molar-refractivity contribution in [1.29, 1.82) is 0 Å². The monoisotopic (exact) mass is 490 g/mol. The number of carbonyl (C=O) groups is 2. The highest BCUT2D eigenvalue weighted by Gasteiger charge is 2.46. The molecule has 1 aromatic heterocycles. The zero-order valence-corrected chi connectivity index (χ0v) is 19.3. The third-order valence-electron chi connectivity index (χ3n) is 5.63. The van der Waals surface area contributed by atoms with Gasteiger partial charge >= 0.3 is 0 Å². The quantitative estimate of drug-likeness (QED) is 0.573. The Balaban J connectivity index is 1.75. The van der Waals surface area contributed by atoms with Gasteiger partial charge in [-0.3, -0.25) is 14.3 Å². The summed E-state index contributed by atoms with van der Waals surface area (Å²) < 4.78 is 41.7. The predicted molar refractivity (Wildman–Crippen MR) is 120 cm³/mol. The van der Waals surface area contributed by atoms with Gasteiger partial charge in [-0.15, -0.1) is 5.10 Å². The number of rotatable bonds is 6. The predicted octanol–water partition coefficient (Wildman–Crippen LogP) is 3.30. The molecule has 3 aromatic rings. The van der Waals surface area contributed by atoms with Gasteiger partial charge in [0.05, 0.1) is 20.4 Å². The first-order valence-electron chi connectivity index (χ1n) is 10.2. The normalized spacial score (nSPS) is 17.7. The molecular formula is C23H21ClF2N4O4. The molecule has 1 N–H and O–H groups in total. The molecule has 0 bridgehead atoms. The average Bonchev–Trinajstić information content (AvgIpc) is 3.33. The van der Waals surface area contributed by atoms with Crippen LogP contribution in [0.1, 0.15) is 21.8 Å². The second-order valence-corrected chi connectivity index (χ2v) is 8.15. The van der Waals surface area contributed by atoms with E-state index in [1.807, 2.05) is 0 Å². The SMILES string of the molecule is COc1cc(F)c([C@@H]2CN(c3cn(C)nc3OC)C(=O)[C@H]2NC(=O)c2ccc(Cl)cc2)c(F)c1. The highest BCUT2D eigenvalue weighted by molar-refractivity contribution is 6.30. The Hall–Kier alpha value is -3.66. The molecule has 1 aliphatic heterocycles. The van der Waals surface area contributed by atoms with Gasteiger partial charge in [0.15, 0.2) is 0 Å². The second-order valence-electron chi connectivity index (χ2n) is 7.72. The average molecular weight is 491 g/mol. The first-order chi connectivity index (χ1) is 16.2. The number of aromatic nitrogens is 2. The fourth-order valence-electron chi connectivity index (χ4n) is 4.01. The third-order valence-corrected chi connectivity index (χ3v) is 5.88. The number of nitrogens with zero attached hydrogens (tertiary/aromatic N) is 3. The Morgan fingerprint density at radius 1 is 1.15 bits per heavy atom. The Kier molecular flexibility index (Phi) is 6.43. The summed E-state index contributed by atoms with van der Waals surface area (Å²) in [6.07, 6.45) is 1.55. The molecule has 0 aliphatic carbocycles. The summed E-state index contributed by atoms with van der Waals surface area (Å²) in [5.41, 5.74) is 0.225. The van der Waals surface area contributed by atoms with Gasteiger partial charge in [0.2, 0.25) is 5.91 Å². The maximum atomic E-state index is 15.0. The van der Waals surface area contributed by atoms with Crippen LogP contribution in [-0.2, 0) is 11.8 Å². The molecular weight excluding hydrogens is 470 g/mol. The van der Waals surface area contributed by atoms with Crippen LogP contribution in [0.25, 0.3) is 0 Å². The van der Waals surface area contributed by atoms with Crippen molar-refractivity contribution >= 4 is 29.1 Å². The number of nitrogens with one attached hydrogen (secondary N) is 1. The molecule has 11 heteroatoms. The van der Waals surface area contributed by atoms with Gasteiger partial charge in [0.1, 0.15) is 29.1 Å². The fourth-order valence-corrected chi connectivity index (χ4v) is 4.14. The van der Waals surface area contributed by atoms with E-state index in [-0.39, 0.29) is 29.3 Å². The maximum absolute atomic E-state index is 15.0. The Morgan fingerprint density at radius 2 is 1.79 bits per heavy atom. The van der Waals surface area contributed by atoms with Crippen molar-refractivity contribution in [3.63, 3.8) is 0 Å². The van der Waals surface area contributed by atoms with Gasteiger partial charge in [0.25, 0.3) is 11.8 Å². The lowest BCUT2D eigenvalue weighted by molar-refractivity contribution is -0.118. The lowest BCUT2D eigenvalue weighted by atomic mass is 9.92. The van der Waals surface area contributed by atoms with Crippen LogP contribution in [0.3, 0.4) is 0 Å². The number of methoxy groups -OCH3 is 2. The molecule has 0 unspecified atom stereocenters. The third kappa shape index (κ3) is 4.28. The number of halogens is 3. The lowest BCUT2D eigenvalue weighted by Gasteiger charge is -2.20. The van der Waals surface area contributed by atoms with E-state index in [0.717, 1.165) is 12.1 Å². The molecule has 1 fully saturated rings. The number of hydrogen-bond acceptors (Lipinski definition) is 5. The van der Waals surface area contributed by atoms with Crippen LogP contribution in [-0.4, -0.2) is 48.4 Å². The van der Waals surface area contributed by atoms with Gasteiger partial charge < -0.3 is 19.7 Å². The van der Waals surface area contributed by atoms with Gasteiger partial charge in [-0.25, -0.2) is 8.78 Å². The molecule has 8 nitrogen and oxygen atoms in total. The molecule has 0 saturated carbocycles. The van der Waals surface area contributed by atoms with Crippen molar-refractivity contribution in [3.8, 4) is 11.6 Å². The number of carbonyl (C=O) groups excluding carboxylic acids is 2. The van der Waals surface area contributed by atoms with E-state index in [1.165, 1.54) is 48.1 Å². The smallest absolute Gasteiger partial charge is 0.256 e. The Bertz CT molecular complexity index is 1230. The topological polar surface area (TPSA) is 85.7 Å². The van der Waals surface area contributed by atoms with Crippen molar-refractivity contribution in [2.75, 3.05) is 25.7 Å². The van der Waals surface area contributed by atoms with E-state index < -0.39 is 35.4 Å². The van der Waals surface area contributed by atoms with Crippen LogP contribution in [0.5, 0.6) is 11.6 Å². The standard InChI is InChI=1S/C23H21ClF2N4O4/c1-29-11-18(22(28-29)34-3)30-10-15(19-16(25)8-14(33-2)9-17(19)26)20(23(30)32)27-21(31)12-4-6-13(24)7-5-12/h4-9,11,15,20H,10H2,1-3H3,(H,27,31)/t15-,20-/m0/s1. The van der Waals surface area contributed by atoms with Crippen LogP contribution in [0.2, 0.25) is 5.02 Å². The number of ether oxygens (including phenoxy) is 2. The molecule has 1 saturated heterocycles. The lowest BCUT2D eigenvalue weighted by Crippen LogP contribution is -2.44. The highest BCUT2D eigenvalue weighted by atomic mass is 35.5. The van der Waals surface area contributed by atoms with Crippen molar-refractivity contribution in [1.82, 2.24) is 15.1 Å². The van der Waals surface area contributed by atoms with Crippen LogP contribution in [0.4, 0.5) is 14.5 Å². The van der Waals surface area contributed by atoms with E-state index in [2.05, 4.69) is 10.4 Å². The molecule has 4 rings (SSSR count). The number of benzene rings is 2. The molecule has 34 heavy (non-hydrogen) atoms. The Labute approximate surface area is 199 Å². The number of aryl methyl sites for hydroxylation is 1. The number of anilines is 1. The van der Waals surface area contributed by atoms with E-state index in [1.54, 1.807) is 13.2 Å². The van der Waals surface area contributed by atoms with E-state index >= 15 is 8.78 Å². The summed E-state index contributed by atoms with van der Waals surface area (Å²) in [5.74, 6) is -3.81. The second kappa shape index (κ2) is 9.30. The molecule has 1 aliphatic rings. The van der Waals surface area contributed by atoms with Gasteiger partial charge in [-0.1, -0.05) is 11.6 Å². The Morgan fingerprint density at radius 3 is 2.38 bits per heavy atom. The van der Waals surface area contributed by atoms with E-state index in [4.69, 9.17) is 21.1 Å². The molecule has 2 atom stereocenters. The number of amides is 2. The molecule has 2 aromatic carbocycles. The summed E-state index contributed by atoms with van der Waals surface area (Å²) in [6.45, 7) is -0.118. The molecule has 178 valence electrons. The van der Waals surface area contributed by atoms with Crippen molar-refractivity contribution in [2.24, 2.45) is 7.05 Å². The molecule has 2 heterocycles. The zero-order chi connectivity index (χ0) is 24.6. The summed E-state index contributed by atoms with van der Waals surface area (Å²) in [7, 11) is 4.33. The fraction of sp³-hybridized carbons (Fsp3) is 0.261. The summed E-state index contributed by atoms with van der Waals surface area (Å²) in [5, 5.41) is 7.21.